The highest BCUT2D eigenvalue weighted by atomic mass is 79.9. The normalized spacial score (nSPS) is 20.9. The molecule has 2 nitrogen and oxygen atoms in total. The van der Waals surface area contributed by atoms with Gasteiger partial charge in [0.1, 0.15) is 0 Å². The second-order valence-electron chi connectivity index (χ2n) is 4.48. The van der Waals surface area contributed by atoms with E-state index in [1.54, 1.807) is 0 Å². The van der Waals surface area contributed by atoms with Gasteiger partial charge in [0.15, 0.2) is 0 Å². The predicted molar refractivity (Wildman–Crippen MR) is 69.4 cm³/mol. The molecule has 16 heavy (non-hydrogen) atoms. The Morgan fingerprint density at radius 1 is 1.19 bits per heavy atom. The lowest BCUT2D eigenvalue weighted by Crippen LogP contribution is -2.33. The summed E-state index contributed by atoms with van der Waals surface area (Å²) in [6.45, 7) is 4.09. The van der Waals surface area contributed by atoms with Crippen LogP contribution in [0.25, 0.3) is 0 Å². The summed E-state index contributed by atoms with van der Waals surface area (Å²) in [7, 11) is 0. The van der Waals surface area contributed by atoms with E-state index < -0.39 is 0 Å². The minimum atomic E-state index is -0.320. The maximum atomic E-state index is 9.94. The zero-order chi connectivity index (χ0) is 11.5. The summed E-state index contributed by atoms with van der Waals surface area (Å²) in [6.07, 6.45) is 2.18. The maximum Gasteiger partial charge on any atom is 0.0708 e. The van der Waals surface area contributed by atoms with Gasteiger partial charge in [-0.15, -0.1) is 0 Å². The van der Waals surface area contributed by atoms with Gasteiger partial charge in [0.05, 0.1) is 12.1 Å². The van der Waals surface area contributed by atoms with Gasteiger partial charge in [-0.3, -0.25) is 4.90 Å². The Morgan fingerprint density at radius 3 is 2.25 bits per heavy atom. The fourth-order valence-electron chi connectivity index (χ4n) is 2.47. The second kappa shape index (κ2) is 5.30. The van der Waals surface area contributed by atoms with Crippen LogP contribution in [0.2, 0.25) is 0 Å². The van der Waals surface area contributed by atoms with E-state index in [1.807, 2.05) is 19.1 Å². The molecule has 1 heterocycles. The smallest absolute Gasteiger partial charge is 0.0708 e. The van der Waals surface area contributed by atoms with Gasteiger partial charge in [0.2, 0.25) is 0 Å². The van der Waals surface area contributed by atoms with Crippen LogP contribution in [0.1, 0.15) is 31.4 Å². The summed E-state index contributed by atoms with van der Waals surface area (Å²) in [4.78, 5) is 2.38. The van der Waals surface area contributed by atoms with E-state index in [0.717, 1.165) is 17.6 Å². The van der Waals surface area contributed by atoms with Gasteiger partial charge >= 0.3 is 0 Å². The monoisotopic (exact) mass is 283 g/mol. The van der Waals surface area contributed by atoms with Crippen LogP contribution < -0.4 is 0 Å². The number of benzene rings is 1. The van der Waals surface area contributed by atoms with Crippen LogP contribution in [0.4, 0.5) is 0 Å². The first-order valence-corrected chi connectivity index (χ1v) is 6.65. The fourth-order valence-corrected chi connectivity index (χ4v) is 2.74. The lowest BCUT2D eigenvalue weighted by molar-refractivity contribution is 0.0749. The van der Waals surface area contributed by atoms with Crippen molar-refractivity contribution in [1.29, 1.82) is 0 Å². The Bertz CT molecular complexity index is 330. The first kappa shape index (κ1) is 12.1. The molecule has 2 atom stereocenters. The Hall–Kier alpha value is -0.380. The van der Waals surface area contributed by atoms with Crippen LogP contribution in [0.3, 0.4) is 0 Å². The molecule has 0 spiro atoms. The molecule has 1 aliphatic heterocycles. The number of hydrogen-bond donors (Lipinski definition) is 1. The lowest BCUT2D eigenvalue weighted by Gasteiger charge is -2.30. The van der Waals surface area contributed by atoms with E-state index in [1.165, 1.54) is 18.4 Å². The summed E-state index contributed by atoms with van der Waals surface area (Å²) in [5.74, 6) is 0. The van der Waals surface area contributed by atoms with E-state index in [9.17, 15) is 5.11 Å². The Balaban J connectivity index is 2.21. The predicted octanol–water partition coefficient (Wildman–Crippen LogP) is 2.97. The largest absolute Gasteiger partial charge is 0.391 e. The van der Waals surface area contributed by atoms with Crippen LogP contribution in [-0.4, -0.2) is 29.2 Å². The third-order valence-electron chi connectivity index (χ3n) is 3.20. The van der Waals surface area contributed by atoms with Crippen LogP contribution in [0, 0.1) is 0 Å². The van der Waals surface area contributed by atoms with Crippen LogP contribution in [-0.2, 0) is 0 Å². The Labute approximate surface area is 105 Å². The highest BCUT2D eigenvalue weighted by Gasteiger charge is 2.26. The molecule has 2 rings (SSSR count). The van der Waals surface area contributed by atoms with Crippen molar-refractivity contribution in [1.82, 2.24) is 4.90 Å². The van der Waals surface area contributed by atoms with Crippen molar-refractivity contribution in [3.8, 4) is 0 Å². The molecule has 0 bridgehead atoms. The topological polar surface area (TPSA) is 23.5 Å². The number of aliphatic hydroxyl groups excluding tert-OH is 1. The van der Waals surface area contributed by atoms with Crippen molar-refractivity contribution in [2.24, 2.45) is 0 Å². The van der Waals surface area contributed by atoms with Gasteiger partial charge in [0.25, 0.3) is 0 Å². The van der Waals surface area contributed by atoms with Crippen molar-refractivity contribution in [3.05, 3.63) is 34.3 Å². The van der Waals surface area contributed by atoms with Crippen molar-refractivity contribution in [2.45, 2.75) is 31.9 Å². The number of nitrogens with zero attached hydrogens (tertiary/aromatic N) is 1. The van der Waals surface area contributed by atoms with E-state index in [2.05, 4.69) is 33.0 Å². The summed E-state index contributed by atoms with van der Waals surface area (Å²) in [6, 6.07) is 8.43. The van der Waals surface area contributed by atoms with Gasteiger partial charge < -0.3 is 5.11 Å². The molecule has 1 saturated heterocycles. The van der Waals surface area contributed by atoms with E-state index >= 15 is 0 Å². The molecule has 0 saturated carbocycles. The fraction of sp³-hybridized carbons (Fsp3) is 0.538. The Kier molecular flexibility index (Phi) is 4.00. The zero-order valence-corrected chi connectivity index (χ0v) is 11.2. The molecule has 1 aliphatic rings. The SMILES string of the molecule is C[C@@H](O)[C@H](c1ccc(Br)cc1)N1CCCC1. The van der Waals surface area contributed by atoms with E-state index in [-0.39, 0.29) is 12.1 Å². The van der Waals surface area contributed by atoms with Crippen LogP contribution >= 0.6 is 15.9 Å². The average molecular weight is 284 g/mol. The molecule has 1 fully saturated rings. The second-order valence-corrected chi connectivity index (χ2v) is 5.40. The van der Waals surface area contributed by atoms with E-state index in [4.69, 9.17) is 0 Å². The molecule has 0 radical (unpaired) electrons. The van der Waals surface area contributed by atoms with Gasteiger partial charge in [-0.2, -0.15) is 0 Å². The van der Waals surface area contributed by atoms with Gasteiger partial charge in [-0.25, -0.2) is 0 Å². The standard InChI is InChI=1S/C13H18BrNO/c1-10(16)13(15-8-2-3-9-15)11-4-6-12(14)7-5-11/h4-7,10,13,16H,2-3,8-9H2,1H3/t10-,13-/m1/s1. The minimum Gasteiger partial charge on any atom is -0.391 e. The number of rotatable bonds is 3. The van der Waals surface area contributed by atoms with Crippen molar-refractivity contribution >= 4 is 15.9 Å². The molecule has 0 aliphatic carbocycles. The first-order chi connectivity index (χ1) is 7.68. The van der Waals surface area contributed by atoms with Crippen molar-refractivity contribution < 1.29 is 5.11 Å². The number of likely N-dealkylation sites (tertiary alicyclic amines) is 1. The number of aliphatic hydroxyl groups is 1. The third kappa shape index (κ3) is 2.65. The molecule has 3 heteroatoms. The minimum absolute atomic E-state index is 0.149. The summed E-state index contributed by atoms with van der Waals surface area (Å²) in [5.41, 5.74) is 1.21. The molecule has 0 aromatic heterocycles. The van der Waals surface area contributed by atoms with Gasteiger partial charge in [0, 0.05) is 4.47 Å². The van der Waals surface area contributed by atoms with Gasteiger partial charge in [-0.1, -0.05) is 28.1 Å². The zero-order valence-electron chi connectivity index (χ0n) is 9.56. The highest BCUT2D eigenvalue weighted by Crippen LogP contribution is 2.28. The third-order valence-corrected chi connectivity index (χ3v) is 3.73. The summed E-state index contributed by atoms with van der Waals surface area (Å²) >= 11 is 3.44. The molecular weight excluding hydrogens is 266 g/mol. The highest BCUT2D eigenvalue weighted by molar-refractivity contribution is 9.10. The Morgan fingerprint density at radius 2 is 1.75 bits per heavy atom. The molecule has 1 aromatic carbocycles. The molecule has 88 valence electrons. The molecule has 0 unspecified atom stereocenters. The van der Waals surface area contributed by atoms with Crippen molar-refractivity contribution in [3.63, 3.8) is 0 Å². The van der Waals surface area contributed by atoms with Crippen molar-refractivity contribution in [2.75, 3.05) is 13.1 Å². The summed E-state index contributed by atoms with van der Waals surface area (Å²) < 4.78 is 1.09. The quantitative estimate of drug-likeness (QED) is 0.922. The van der Waals surface area contributed by atoms with Crippen LogP contribution in [0.15, 0.2) is 28.7 Å². The number of hydrogen-bond acceptors (Lipinski definition) is 2. The number of halogens is 1. The van der Waals surface area contributed by atoms with Crippen LogP contribution in [0.5, 0.6) is 0 Å². The lowest BCUT2D eigenvalue weighted by atomic mass is 10.0. The molecule has 0 amide bonds. The molecular formula is C13H18BrNO. The first-order valence-electron chi connectivity index (χ1n) is 5.86. The van der Waals surface area contributed by atoms with Gasteiger partial charge in [-0.05, 0) is 50.6 Å². The van der Waals surface area contributed by atoms with E-state index in [0.29, 0.717) is 0 Å². The maximum absolute atomic E-state index is 9.94. The average Bonchev–Trinajstić information content (AvgIpc) is 2.74. The molecule has 1 N–H and O–H groups in total. The summed E-state index contributed by atoms with van der Waals surface area (Å²) in [5, 5.41) is 9.94. The molecule has 1 aromatic rings.